The molecule has 18 heavy (non-hydrogen) atoms. The number of hydrogen-bond donors (Lipinski definition) is 1. The third-order valence-corrected chi connectivity index (χ3v) is 3.74. The van der Waals surface area contributed by atoms with E-state index in [2.05, 4.69) is 5.32 Å². The van der Waals surface area contributed by atoms with Crippen LogP contribution in [0, 0.1) is 27.8 Å². The molecule has 96 valence electrons. The standard InChI is InChI=1S/C13H15FN2O2/c14-11-6-5-10(7-12(11)16(17)18)15-13(8-1-2-8)9-3-4-9/h5-9,13,15H,1-4H2. The van der Waals surface area contributed by atoms with Crippen LogP contribution in [0.25, 0.3) is 0 Å². The average molecular weight is 250 g/mol. The van der Waals surface area contributed by atoms with Crippen LogP contribution < -0.4 is 5.32 Å². The molecule has 0 aliphatic heterocycles. The first-order valence-corrected chi connectivity index (χ1v) is 6.35. The van der Waals surface area contributed by atoms with Gasteiger partial charge in [0.2, 0.25) is 5.82 Å². The fourth-order valence-electron chi connectivity index (χ4n) is 2.47. The number of halogens is 1. The molecule has 1 aromatic carbocycles. The number of nitrogens with one attached hydrogen (secondary N) is 1. The minimum atomic E-state index is -0.778. The topological polar surface area (TPSA) is 55.2 Å². The van der Waals surface area contributed by atoms with Crippen molar-refractivity contribution >= 4 is 11.4 Å². The van der Waals surface area contributed by atoms with Gasteiger partial charge in [-0.25, -0.2) is 0 Å². The summed E-state index contributed by atoms with van der Waals surface area (Å²) in [5.41, 5.74) is 0.206. The summed E-state index contributed by atoms with van der Waals surface area (Å²) in [5, 5.41) is 14.0. The van der Waals surface area contributed by atoms with Crippen molar-refractivity contribution in [3.8, 4) is 0 Å². The van der Waals surface area contributed by atoms with Gasteiger partial charge in [0.15, 0.2) is 0 Å². The Labute approximate surface area is 104 Å². The maximum Gasteiger partial charge on any atom is 0.306 e. The van der Waals surface area contributed by atoms with Crippen molar-refractivity contribution in [2.24, 2.45) is 11.8 Å². The highest BCUT2D eigenvalue weighted by atomic mass is 19.1. The Hall–Kier alpha value is -1.65. The highest BCUT2D eigenvalue weighted by molar-refractivity contribution is 5.52. The van der Waals surface area contributed by atoms with Crippen molar-refractivity contribution in [2.45, 2.75) is 31.7 Å². The summed E-state index contributed by atoms with van der Waals surface area (Å²) in [6, 6.07) is 4.46. The van der Waals surface area contributed by atoms with Gasteiger partial charge in [0, 0.05) is 17.8 Å². The van der Waals surface area contributed by atoms with E-state index < -0.39 is 16.4 Å². The highest BCUT2D eigenvalue weighted by Gasteiger charge is 2.41. The molecule has 1 N–H and O–H groups in total. The van der Waals surface area contributed by atoms with E-state index in [9.17, 15) is 14.5 Å². The third-order valence-electron chi connectivity index (χ3n) is 3.74. The monoisotopic (exact) mass is 250 g/mol. The Morgan fingerprint density at radius 1 is 1.28 bits per heavy atom. The Balaban J connectivity index is 1.78. The fraction of sp³-hybridized carbons (Fsp3) is 0.538. The molecule has 0 amide bonds. The lowest BCUT2D eigenvalue weighted by Gasteiger charge is -2.18. The van der Waals surface area contributed by atoms with Gasteiger partial charge in [0.25, 0.3) is 0 Å². The number of hydrogen-bond acceptors (Lipinski definition) is 3. The molecule has 3 rings (SSSR count). The summed E-state index contributed by atoms with van der Waals surface area (Å²) in [6.07, 6.45) is 4.93. The third kappa shape index (κ3) is 2.30. The second-order valence-corrected chi connectivity index (χ2v) is 5.27. The molecule has 2 aliphatic rings. The van der Waals surface area contributed by atoms with Crippen LogP contribution in [0.2, 0.25) is 0 Å². The fourth-order valence-corrected chi connectivity index (χ4v) is 2.47. The summed E-state index contributed by atoms with van der Waals surface area (Å²) in [5.74, 6) is 0.614. The molecule has 2 fully saturated rings. The minimum absolute atomic E-state index is 0.412. The van der Waals surface area contributed by atoms with E-state index in [0.29, 0.717) is 23.6 Å². The van der Waals surface area contributed by atoms with Crippen molar-refractivity contribution in [1.29, 1.82) is 0 Å². The van der Waals surface area contributed by atoms with Crippen LogP contribution in [0.15, 0.2) is 18.2 Å². The number of nitrogens with zero attached hydrogens (tertiary/aromatic N) is 1. The normalized spacial score (nSPS) is 19.0. The summed E-state index contributed by atoms with van der Waals surface area (Å²) < 4.78 is 13.2. The second-order valence-electron chi connectivity index (χ2n) is 5.27. The molecule has 0 radical (unpaired) electrons. The molecule has 0 atom stereocenters. The summed E-state index contributed by atoms with van der Waals surface area (Å²) in [6.45, 7) is 0. The molecule has 0 unspecified atom stereocenters. The van der Waals surface area contributed by atoms with Crippen molar-refractivity contribution in [3.63, 3.8) is 0 Å². The molecule has 2 aliphatic carbocycles. The van der Waals surface area contributed by atoms with Crippen LogP contribution in [0.1, 0.15) is 25.7 Å². The van der Waals surface area contributed by atoms with Crippen LogP contribution in [0.4, 0.5) is 15.8 Å². The van der Waals surface area contributed by atoms with E-state index in [1.807, 2.05) is 0 Å². The van der Waals surface area contributed by atoms with Gasteiger partial charge in [-0.05, 0) is 49.7 Å². The van der Waals surface area contributed by atoms with Crippen LogP contribution in [0.5, 0.6) is 0 Å². The van der Waals surface area contributed by atoms with Gasteiger partial charge < -0.3 is 5.32 Å². The summed E-state index contributed by atoms with van der Waals surface area (Å²) in [4.78, 5) is 10.0. The Bertz CT molecular complexity index is 472. The van der Waals surface area contributed by atoms with Crippen molar-refractivity contribution < 1.29 is 9.31 Å². The van der Waals surface area contributed by atoms with E-state index in [1.54, 1.807) is 6.07 Å². The Kier molecular flexibility index (Phi) is 2.69. The first-order valence-electron chi connectivity index (χ1n) is 6.35. The Morgan fingerprint density at radius 2 is 1.89 bits per heavy atom. The van der Waals surface area contributed by atoms with Crippen molar-refractivity contribution in [3.05, 3.63) is 34.1 Å². The molecule has 0 bridgehead atoms. The SMILES string of the molecule is O=[N+]([O-])c1cc(NC(C2CC2)C2CC2)ccc1F. The lowest BCUT2D eigenvalue weighted by Crippen LogP contribution is -2.24. The first kappa shape index (κ1) is 11.4. The number of benzene rings is 1. The first-order chi connectivity index (χ1) is 8.65. The largest absolute Gasteiger partial charge is 0.382 e. The summed E-state index contributed by atoms with van der Waals surface area (Å²) in [7, 11) is 0. The molecule has 0 aromatic heterocycles. The van der Waals surface area contributed by atoms with Gasteiger partial charge in [-0.3, -0.25) is 10.1 Å². The van der Waals surface area contributed by atoms with Gasteiger partial charge in [0.1, 0.15) is 0 Å². The highest BCUT2D eigenvalue weighted by Crippen LogP contribution is 2.46. The number of rotatable bonds is 5. The average Bonchev–Trinajstić information content (AvgIpc) is 3.20. The number of anilines is 1. The van der Waals surface area contributed by atoms with E-state index in [1.165, 1.54) is 31.7 Å². The van der Waals surface area contributed by atoms with E-state index >= 15 is 0 Å². The zero-order valence-electron chi connectivity index (χ0n) is 9.93. The molecule has 4 nitrogen and oxygen atoms in total. The van der Waals surface area contributed by atoms with E-state index in [-0.39, 0.29) is 0 Å². The molecule has 5 heteroatoms. The predicted molar refractivity (Wildman–Crippen MR) is 65.9 cm³/mol. The molecule has 1 aromatic rings. The van der Waals surface area contributed by atoms with Gasteiger partial charge in [-0.2, -0.15) is 4.39 Å². The van der Waals surface area contributed by atoms with E-state index in [0.717, 1.165) is 6.07 Å². The molecule has 0 saturated heterocycles. The van der Waals surface area contributed by atoms with Crippen molar-refractivity contribution in [2.75, 3.05) is 5.32 Å². The smallest absolute Gasteiger partial charge is 0.306 e. The quantitative estimate of drug-likeness (QED) is 0.644. The van der Waals surface area contributed by atoms with E-state index in [4.69, 9.17) is 0 Å². The van der Waals surface area contributed by atoms with Gasteiger partial charge in [-0.1, -0.05) is 0 Å². The predicted octanol–water partition coefficient (Wildman–Crippen LogP) is 3.33. The number of nitro benzene ring substituents is 1. The molecular formula is C13H15FN2O2. The van der Waals surface area contributed by atoms with Gasteiger partial charge >= 0.3 is 5.69 Å². The maximum atomic E-state index is 13.2. The lowest BCUT2D eigenvalue weighted by molar-refractivity contribution is -0.387. The Morgan fingerprint density at radius 3 is 2.39 bits per heavy atom. The lowest BCUT2D eigenvalue weighted by atomic mass is 10.1. The van der Waals surface area contributed by atoms with Crippen molar-refractivity contribution in [1.82, 2.24) is 0 Å². The minimum Gasteiger partial charge on any atom is -0.382 e. The maximum absolute atomic E-state index is 13.2. The summed E-state index contributed by atoms with van der Waals surface area (Å²) >= 11 is 0. The van der Waals surface area contributed by atoms with Gasteiger partial charge in [0.05, 0.1) is 4.92 Å². The molecule has 0 spiro atoms. The van der Waals surface area contributed by atoms with Gasteiger partial charge in [-0.15, -0.1) is 0 Å². The van der Waals surface area contributed by atoms with Crippen LogP contribution in [-0.2, 0) is 0 Å². The molecule has 0 heterocycles. The molecule has 2 saturated carbocycles. The zero-order valence-corrected chi connectivity index (χ0v) is 9.93. The zero-order chi connectivity index (χ0) is 12.7. The van der Waals surface area contributed by atoms with Crippen LogP contribution >= 0.6 is 0 Å². The van der Waals surface area contributed by atoms with Crippen LogP contribution in [-0.4, -0.2) is 11.0 Å². The number of nitro groups is 1. The van der Waals surface area contributed by atoms with Crippen LogP contribution in [0.3, 0.4) is 0 Å². The second kappa shape index (κ2) is 4.23. The molecular weight excluding hydrogens is 235 g/mol.